The zero-order chi connectivity index (χ0) is 19.3. The fourth-order valence-corrected chi connectivity index (χ4v) is 4.26. The predicted molar refractivity (Wildman–Crippen MR) is 117 cm³/mol. The van der Waals surface area contributed by atoms with Crippen molar-refractivity contribution >= 4 is 11.9 Å². The number of unbranched alkanes of at least 4 members (excludes halogenated alkanes) is 1. The van der Waals surface area contributed by atoms with E-state index in [1.54, 1.807) is 0 Å². The van der Waals surface area contributed by atoms with Crippen molar-refractivity contribution < 1.29 is 0 Å². The van der Waals surface area contributed by atoms with E-state index in [1.165, 1.54) is 28.8 Å². The Balaban J connectivity index is 1.51. The van der Waals surface area contributed by atoms with Gasteiger partial charge in [-0.1, -0.05) is 54.6 Å². The van der Waals surface area contributed by atoms with Crippen LogP contribution in [0.15, 0.2) is 64.6 Å². The maximum Gasteiger partial charge on any atom is 0.193 e. The molecule has 1 aliphatic heterocycles. The molecule has 0 fully saturated rings. The van der Waals surface area contributed by atoms with Crippen LogP contribution in [0.4, 0.5) is 0 Å². The van der Waals surface area contributed by atoms with Crippen molar-refractivity contribution in [2.45, 2.75) is 31.5 Å². The summed E-state index contributed by atoms with van der Waals surface area (Å²) in [5, 5.41) is 3.50. The lowest BCUT2D eigenvalue weighted by atomic mass is 9.73. The second-order valence-corrected chi connectivity index (χ2v) is 8.04. The molecule has 0 saturated heterocycles. The summed E-state index contributed by atoms with van der Waals surface area (Å²) in [4.78, 5) is 11.9. The van der Waals surface area contributed by atoms with E-state index in [9.17, 15) is 0 Å². The van der Waals surface area contributed by atoms with E-state index in [0.717, 1.165) is 25.9 Å². The van der Waals surface area contributed by atoms with Crippen LogP contribution < -0.4 is 5.32 Å². The fraction of sp³-hybridized carbons (Fsp3) is 0.417. The van der Waals surface area contributed by atoms with E-state index in [-0.39, 0.29) is 6.29 Å². The highest BCUT2D eigenvalue weighted by Gasteiger charge is 2.33. The van der Waals surface area contributed by atoms with Gasteiger partial charge in [0.15, 0.2) is 6.29 Å². The molecule has 0 bridgehead atoms. The lowest BCUT2D eigenvalue weighted by Gasteiger charge is -2.34. The molecule has 0 saturated carbocycles. The molecule has 2 aromatic carbocycles. The molecule has 3 unspecified atom stereocenters. The minimum atomic E-state index is -0.146. The number of fused-ring (bicyclic) bond motifs is 3. The van der Waals surface area contributed by atoms with Crippen LogP contribution in [0.3, 0.4) is 0 Å². The molecule has 4 nitrogen and oxygen atoms in total. The molecule has 4 rings (SSSR count). The van der Waals surface area contributed by atoms with Gasteiger partial charge < -0.3 is 4.90 Å². The lowest BCUT2D eigenvalue weighted by molar-refractivity contribution is 0.388. The van der Waals surface area contributed by atoms with Crippen LogP contribution in [0, 0.1) is 5.92 Å². The number of nitrogens with zero attached hydrogens (tertiary/aromatic N) is 3. The summed E-state index contributed by atoms with van der Waals surface area (Å²) in [6.45, 7) is 2.08. The number of hydrogen-bond acceptors (Lipinski definition) is 4. The summed E-state index contributed by atoms with van der Waals surface area (Å²) < 4.78 is 0. The Bertz CT molecular complexity index is 841. The van der Waals surface area contributed by atoms with Crippen molar-refractivity contribution in [3.05, 3.63) is 71.3 Å². The Hall–Kier alpha value is -2.30. The van der Waals surface area contributed by atoms with E-state index in [0.29, 0.717) is 11.8 Å². The minimum absolute atomic E-state index is 0.146. The Morgan fingerprint density at radius 2 is 1.79 bits per heavy atom. The van der Waals surface area contributed by atoms with Gasteiger partial charge in [-0.15, -0.1) is 0 Å². The van der Waals surface area contributed by atoms with Crippen molar-refractivity contribution in [3.8, 4) is 0 Å². The SMILES string of the molecule is CN(C)CCCCNC1N=CC2CC(c3ccccc3)c3ccccc3C2=N1. The van der Waals surface area contributed by atoms with Gasteiger partial charge in [0.1, 0.15) is 0 Å². The Morgan fingerprint density at radius 1 is 1.00 bits per heavy atom. The van der Waals surface area contributed by atoms with Crippen molar-refractivity contribution in [2.24, 2.45) is 15.9 Å². The highest BCUT2D eigenvalue weighted by atomic mass is 15.2. The van der Waals surface area contributed by atoms with Crippen LogP contribution in [0.5, 0.6) is 0 Å². The smallest absolute Gasteiger partial charge is 0.193 e. The third-order valence-electron chi connectivity index (χ3n) is 5.68. The van der Waals surface area contributed by atoms with Crippen molar-refractivity contribution in [3.63, 3.8) is 0 Å². The maximum atomic E-state index is 5.00. The summed E-state index contributed by atoms with van der Waals surface area (Å²) in [6.07, 6.45) is 5.36. The molecule has 0 spiro atoms. The van der Waals surface area contributed by atoms with Crippen molar-refractivity contribution in [2.75, 3.05) is 27.2 Å². The van der Waals surface area contributed by atoms with Gasteiger partial charge in [0.25, 0.3) is 0 Å². The summed E-state index contributed by atoms with van der Waals surface area (Å²) in [7, 11) is 4.24. The first-order valence-electron chi connectivity index (χ1n) is 10.4. The van der Waals surface area contributed by atoms with Crippen LogP contribution in [0.1, 0.15) is 41.9 Å². The Labute approximate surface area is 168 Å². The molecule has 2 aromatic rings. The number of hydrogen-bond donors (Lipinski definition) is 1. The first kappa shape index (κ1) is 19.0. The predicted octanol–water partition coefficient (Wildman–Crippen LogP) is 3.93. The first-order chi connectivity index (χ1) is 13.7. The highest BCUT2D eigenvalue weighted by Crippen LogP contribution is 2.39. The highest BCUT2D eigenvalue weighted by molar-refractivity contribution is 6.12. The average Bonchev–Trinajstić information content (AvgIpc) is 2.73. The molecule has 0 amide bonds. The van der Waals surface area contributed by atoms with Gasteiger partial charge in [-0.25, -0.2) is 4.99 Å². The third-order valence-corrected chi connectivity index (χ3v) is 5.68. The molecule has 146 valence electrons. The number of aliphatic imine (C=N–C) groups is 2. The largest absolute Gasteiger partial charge is 0.309 e. The maximum absolute atomic E-state index is 5.00. The van der Waals surface area contributed by atoms with Gasteiger partial charge in [0, 0.05) is 23.6 Å². The van der Waals surface area contributed by atoms with Gasteiger partial charge in [-0.2, -0.15) is 0 Å². The fourth-order valence-electron chi connectivity index (χ4n) is 4.26. The average molecular weight is 375 g/mol. The summed E-state index contributed by atoms with van der Waals surface area (Å²) in [5.41, 5.74) is 5.26. The zero-order valence-electron chi connectivity index (χ0n) is 16.9. The van der Waals surface area contributed by atoms with Crippen LogP contribution in [0.2, 0.25) is 0 Å². The van der Waals surface area contributed by atoms with E-state index in [1.807, 2.05) is 0 Å². The zero-order valence-corrected chi connectivity index (χ0v) is 16.9. The van der Waals surface area contributed by atoms with Crippen LogP contribution in [-0.4, -0.2) is 50.3 Å². The molecule has 1 heterocycles. The molecule has 1 aliphatic carbocycles. The van der Waals surface area contributed by atoms with Gasteiger partial charge in [-0.05, 0) is 57.6 Å². The third kappa shape index (κ3) is 4.23. The molecular weight excluding hydrogens is 344 g/mol. The van der Waals surface area contributed by atoms with E-state index >= 15 is 0 Å². The van der Waals surface area contributed by atoms with Gasteiger partial charge >= 0.3 is 0 Å². The topological polar surface area (TPSA) is 40.0 Å². The van der Waals surface area contributed by atoms with Crippen molar-refractivity contribution in [1.29, 1.82) is 0 Å². The number of rotatable bonds is 7. The molecule has 3 atom stereocenters. The molecule has 28 heavy (non-hydrogen) atoms. The number of benzene rings is 2. The van der Waals surface area contributed by atoms with Crippen LogP contribution in [-0.2, 0) is 0 Å². The molecule has 0 aromatic heterocycles. The normalized spacial score (nSPS) is 23.2. The van der Waals surface area contributed by atoms with Gasteiger partial charge in [-0.3, -0.25) is 10.3 Å². The molecule has 1 N–H and O–H groups in total. The van der Waals surface area contributed by atoms with Crippen LogP contribution >= 0.6 is 0 Å². The Morgan fingerprint density at radius 3 is 2.61 bits per heavy atom. The molecule has 4 heteroatoms. The standard InChI is InChI=1S/C24H30N4/c1-28(2)15-9-8-14-25-24-26-17-19-16-22(18-10-4-3-5-11-18)20-12-6-7-13-21(20)23(19)27-24/h3-7,10-13,17,19,22,24-25H,8-9,14-16H2,1-2H3. The van der Waals surface area contributed by atoms with E-state index in [4.69, 9.17) is 9.98 Å². The van der Waals surface area contributed by atoms with Crippen LogP contribution in [0.25, 0.3) is 0 Å². The summed E-state index contributed by atoms with van der Waals surface area (Å²) in [6, 6.07) is 19.6. The monoisotopic (exact) mass is 374 g/mol. The van der Waals surface area contributed by atoms with Crippen molar-refractivity contribution in [1.82, 2.24) is 10.2 Å². The molecule has 2 aliphatic rings. The first-order valence-corrected chi connectivity index (χ1v) is 10.4. The quantitative estimate of drug-likeness (QED) is 0.746. The second kappa shape index (κ2) is 8.80. The second-order valence-electron chi connectivity index (χ2n) is 8.04. The van der Waals surface area contributed by atoms with E-state index < -0.39 is 0 Å². The summed E-state index contributed by atoms with van der Waals surface area (Å²) >= 11 is 0. The summed E-state index contributed by atoms with van der Waals surface area (Å²) in [5.74, 6) is 0.704. The number of nitrogens with one attached hydrogen (secondary N) is 1. The Kier molecular flexibility index (Phi) is 5.98. The van der Waals surface area contributed by atoms with Gasteiger partial charge in [0.05, 0.1) is 5.71 Å². The molecular formula is C24H30N4. The lowest BCUT2D eigenvalue weighted by Crippen LogP contribution is -2.37. The van der Waals surface area contributed by atoms with Gasteiger partial charge in [0.2, 0.25) is 0 Å². The molecule has 0 radical (unpaired) electrons. The van der Waals surface area contributed by atoms with E-state index in [2.05, 4.69) is 85.1 Å². The minimum Gasteiger partial charge on any atom is -0.309 e.